The maximum Gasteiger partial charge on any atom is 0.321 e. The lowest BCUT2D eigenvalue weighted by atomic mass is 10.00. The van der Waals surface area contributed by atoms with Gasteiger partial charge >= 0.3 is 18.1 Å². The molecule has 10 N–H and O–H groups in total. The Morgan fingerprint density at radius 3 is 1.71 bits per heavy atom. The molecular formula is C66H67N21O6. The molecule has 0 aliphatic heterocycles. The SMILES string of the molecule is CCNC(=O)Nc1nc2c(-c3cc(C)ccn3)cc(-c3ccn(CC(=O)CC)c(=O)c3)cc2[nH]1.CCNC(=O)Nc1nc2c(-c3ccccn3)cc(-n3cnc(C(=O)NC4CC4)c3)cc2[nH]1.CCNC(=O)Nc1nc2c(-c3cn(C)cn3)cc(-c3cccnc3)cc2[nH]1. The van der Waals surface area contributed by atoms with Crippen molar-refractivity contribution >= 4 is 80.7 Å². The molecule has 7 amide bonds. The van der Waals surface area contributed by atoms with E-state index in [9.17, 15) is 28.8 Å². The number of urea groups is 3. The van der Waals surface area contributed by atoms with Gasteiger partial charge in [0.25, 0.3) is 11.5 Å². The van der Waals surface area contributed by atoms with E-state index in [0.29, 0.717) is 77.2 Å². The summed E-state index contributed by atoms with van der Waals surface area (Å²) in [4.78, 5) is 118. The normalized spacial score (nSPS) is 11.7. The van der Waals surface area contributed by atoms with Gasteiger partial charge in [0.1, 0.15) is 23.1 Å². The zero-order valence-electron chi connectivity index (χ0n) is 51.8. The van der Waals surface area contributed by atoms with Crippen LogP contribution in [0.4, 0.5) is 32.2 Å². The Morgan fingerprint density at radius 1 is 0.570 bits per heavy atom. The number of rotatable bonds is 17. The van der Waals surface area contributed by atoms with E-state index in [1.54, 1.807) is 55.1 Å². The predicted octanol–water partition coefficient (Wildman–Crippen LogP) is 9.89. The fraction of sp³-hybridized carbons (Fsp3) is 0.212. The number of fused-ring (bicyclic) bond motifs is 3. The highest BCUT2D eigenvalue weighted by atomic mass is 16.2. The number of imidazole rings is 5. The molecule has 9 heterocycles. The molecule has 472 valence electrons. The number of hydrogen-bond acceptors (Lipinski definition) is 14. The summed E-state index contributed by atoms with van der Waals surface area (Å²) in [6, 6.07) is 27.7. The van der Waals surface area contributed by atoms with Gasteiger partial charge in [-0.25, -0.2) is 39.3 Å². The third-order valence-electron chi connectivity index (χ3n) is 14.7. The topological polar surface area (TPSA) is 352 Å². The number of anilines is 3. The third kappa shape index (κ3) is 15.1. The average Bonchev–Trinajstić information content (AvgIpc) is 1.72. The van der Waals surface area contributed by atoms with Crippen molar-refractivity contribution in [3.8, 4) is 61.7 Å². The number of aromatic nitrogens is 14. The van der Waals surface area contributed by atoms with Gasteiger partial charge in [0, 0.05) is 117 Å². The number of benzene rings is 3. The van der Waals surface area contributed by atoms with Gasteiger partial charge in [-0.15, -0.1) is 0 Å². The minimum absolute atomic E-state index is 0.00585. The van der Waals surface area contributed by atoms with Gasteiger partial charge in [0.05, 0.1) is 52.0 Å². The number of carbonyl (C=O) groups excluding carboxylic acids is 5. The maximum absolute atomic E-state index is 12.6. The van der Waals surface area contributed by atoms with Crippen molar-refractivity contribution in [1.82, 2.24) is 89.8 Å². The van der Waals surface area contributed by atoms with Crippen molar-refractivity contribution in [2.24, 2.45) is 7.05 Å². The van der Waals surface area contributed by atoms with Crippen LogP contribution in [0.1, 0.15) is 63.0 Å². The highest BCUT2D eigenvalue weighted by molar-refractivity contribution is 6.01. The van der Waals surface area contributed by atoms with Crippen LogP contribution >= 0.6 is 0 Å². The zero-order valence-corrected chi connectivity index (χ0v) is 51.8. The second-order valence-corrected chi connectivity index (χ2v) is 21.7. The van der Waals surface area contributed by atoms with Crippen molar-refractivity contribution < 1.29 is 24.0 Å². The molecule has 0 bridgehead atoms. The molecule has 27 heteroatoms. The summed E-state index contributed by atoms with van der Waals surface area (Å²) in [5.74, 6) is 0.841. The standard InChI is InChI=1S/C25H26N6O3.C22H22N8O2.C19H19N7O/c1-4-18(32)14-31-9-7-16(13-22(31)33)17-11-19(20-10-15(3)6-8-27-20)23-21(12-17)28-24(29-23)30-25(34)26-5-2;1-2-23-22(32)29-21-27-17-10-14(9-15(19(17)28-21)16-5-3-4-8-24-16)30-11-18(25-12-30)20(31)26-13-6-7-13;1-3-21-19(27)25-18-23-15-8-13(12-5-4-6-20-9-12)7-14(17(15)24-18)16-10-26(2)11-22-16/h6-13H,4-5,14H2,1-3H3,(H3,26,28,29,30,34);3-5,8-13H,2,6-7H2,1H3,(H,26,31)(H3,23,27,28,29,32);4-11H,3H2,1-2H3,(H3,21,23,24,25,27). The van der Waals surface area contributed by atoms with Gasteiger partial charge in [-0.3, -0.25) is 45.3 Å². The molecule has 9 aromatic heterocycles. The van der Waals surface area contributed by atoms with Gasteiger partial charge < -0.3 is 49.9 Å². The number of carbonyl (C=O) groups is 5. The highest BCUT2D eigenvalue weighted by Gasteiger charge is 2.25. The van der Waals surface area contributed by atoms with Crippen molar-refractivity contribution in [2.45, 2.75) is 66.5 Å². The fourth-order valence-corrected chi connectivity index (χ4v) is 10.00. The lowest BCUT2D eigenvalue weighted by Crippen LogP contribution is -2.28. The van der Waals surface area contributed by atoms with Gasteiger partial charge in [-0.05, 0) is 136 Å². The van der Waals surface area contributed by atoms with E-state index in [-0.39, 0.29) is 47.9 Å². The van der Waals surface area contributed by atoms with Crippen molar-refractivity contribution in [3.63, 3.8) is 0 Å². The number of aryl methyl sites for hydroxylation is 2. The number of Topliss-reactive ketones (excluding diaryl/α,β-unsaturated/α-hetero) is 1. The summed E-state index contributed by atoms with van der Waals surface area (Å²) < 4.78 is 5.07. The number of ketones is 1. The van der Waals surface area contributed by atoms with Crippen LogP contribution in [0.15, 0.2) is 152 Å². The van der Waals surface area contributed by atoms with E-state index in [2.05, 4.69) is 92.0 Å². The lowest BCUT2D eigenvalue weighted by Gasteiger charge is -2.09. The first-order valence-electron chi connectivity index (χ1n) is 30.2. The van der Waals surface area contributed by atoms with Crippen molar-refractivity contribution in [3.05, 3.63) is 169 Å². The first-order chi connectivity index (χ1) is 45.1. The summed E-state index contributed by atoms with van der Waals surface area (Å²) in [6.07, 6.45) is 18.0. The molecule has 13 rings (SSSR count). The maximum atomic E-state index is 12.6. The third-order valence-corrected chi connectivity index (χ3v) is 14.7. The molecule has 0 spiro atoms. The summed E-state index contributed by atoms with van der Waals surface area (Å²) in [5.41, 5.74) is 14.4. The number of nitrogens with one attached hydrogen (secondary N) is 10. The van der Waals surface area contributed by atoms with Gasteiger partial charge in [0.2, 0.25) is 17.8 Å². The number of nitrogens with zero attached hydrogens (tertiary/aromatic N) is 11. The van der Waals surface area contributed by atoms with E-state index < -0.39 is 0 Å². The molecule has 0 radical (unpaired) electrons. The predicted molar refractivity (Wildman–Crippen MR) is 356 cm³/mol. The summed E-state index contributed by atoms with van der Waals surface area (Å²) in [7, 11) is 1.92. The fourth-order valence-electron chi connectivity index (χ4n) is 10.00. The quantitative estimate of drug-likeness (QED) is 0.0406. The van der Waals surface area contributed by atoms with Crippen LogP contribution in [0.3, 0.4) is 0 Å². The smallest absolute Gasteiger partial charge is 0.321 e. The number of pyridine rings is 4. The Kier molecular flexibility index (Phi) is 18.9. The number of aromatic amines is 3. The molecule has 1 saturated carbocycles. The molecule has 1 aliphatic rings. The van der Waals surface area contributed by atoms with Crippen LogP contribution in [0, 0.1) is 6.92 Å². The molecule has 27 nitrogen and oxygen atoms in total. The Hall–Kier alpha value is -12.2. The number of amides is 7. The molecule has 1 aliphatic carbocycles. The van der Waals surface area contributed by atoms with Crippen LogP contribution < -0.4 is 42.8 Å². The second kappa shape index (κ2) is 28.1. The molecule has 0 saturated heterocycles. The Bertz CT molecular complexity index is 4770. The molecule has 12 aromatic rings. The first kappa shape index (κ1) is 62.4. The number of hydrogen-bond donors (Lipinski definition) is 10. The second-order valence-electron chi connectivity index (χ2n) is 21.7. The molecule has 0 atom stereocenters. The minimum atomic E-state index is -0.359. The van der Waals surface area contributed by atoms with Crippen LogP contribution in [0.2, 0.25) is 0 Å². The van der Waals surface area contributed by atoms with E-state index in [0.717, 1.165) is 85.6 Å². The highest BCUT2D eigenvalue weighted by Crippen LogP contribution is 2.36. The molecule has 0 unspecified atom stereocenters. The van der Waals surface area contributed by atoms with Crippen LogP contribution in [0.5, 0.6) is 0 Å². The largest absolute Gasteiger partial charge is 0.348 e. The molecule has 1 fully saturated rings. The van der Waals surface area contributed by atoms with E-state index in [4.69, 9.17) is 0 Å². The van der Waals surface area contributed by atoms with Gasteiger partial charge in [-0.2, -0.15) is 0 Å². The molecule has 93 heavy (non-hydrogen) atoms. The first-order valence-corrected chi connectivity index (χ1v) is 30.2. The van der Waals surface area contributed by atoms with Crippen molar-refractivity contribution in [1.29, 1.82) is 0 Å². The molecule has 3 aromatic carbocycles. The van der Waals surface area contributed by atoms with Crippen molar-refractivity contribution in [2.75, 3.05) is 35.6 Å². The Balaban J connectivity index is 0.000000143. The summed E-state index contributed by atoms with van der Waals surface area (Å²) >= 11 is 0. The van der Waals surface area contributed by atoms with Crippen LogP contribution in [-0.2, 0) is 18.4 Å². The Morgan fingerprint density at radius 2 is 1.17 bits per heavy atom. The van der Waals surface area contributed by atoms with E-state index in [1.807, 2.05) is 137 Å². The molecular weight excluding hydrogens is 1180 g/mol. The van der Waals surface area contributed by atoms with E-state index in [1.165, 1.54) is 10.6 Å². The number of H-pyrrole nitrogens is 3. The zero-order chi connectivity index (χ0) is 65.1. The van der Waals surface area contributed by atoms with Gasteiger partial charge in [-0.1, -0.05) is 19.1 Å². The van der Waals surface area contributed by atoms with E-state index >= 15 is 0 Å². The van der Waals surface area contributed by atoms with Gasteiger partial charge in [0.15, 0.2) is 5.78 Å². The van der Waals surface area contributed by atoms with Crippen LogP contribution in [-0.4, -0.2) is 124 Å². The minimum Gasteiger partial charge on any atom is -0.348 e. The summed E-state index contributed by atoms with van der Waals surface area (Å²) in [6.45, 7) is 10.9. The average molecular weight is 1250 g/mol. The lowest BCUT2D eigenvalue weighted by molar-refractivity contribution is -0.119. The van der Waals surface area contributed by atoms with Crippen LogP contribution in [0.25, 0.3) is 94.8 Å². The monoisotopic (exact) mass is 1250 g/mol. The summed E-state index contributed by atoms with van der Waals surface area (Å²) in [5, 5.41) is 19.1. The Labute approximate surface area is 531 Å².